The number of likely N-dealkylation sites (tertiary alicyclic amines) is 1. The minimum absolute atomic E-state index is 0.149. The number of rotatable bonds is 6. The summed E-state index contributed by atoms with van der Waals surface area (Å²) in [6, 6.07) is 8.10. The van der Waals surface area contributed by atoms with E-state index in [0.29, 0.717) is 0 Å². The minimum atomic E-state index is 0.149. The maximum atomic E-state index is 13.3. The van der Waals surface area contributed by atoms with Crippen molar-refractivity contribution in [2.24, 2.45) is 11.8 Å². The van der Waals surface area contributed by atoms with Crippen LogP contribution >= 0.6 is 0 Å². The number of hydrogen-bond acceptors (Lipinski definition) is 7. The third-order valence-electron chi connectivity index (χ3n) is 7.78. The summed E-state index contributed by atoms with van der Waals surface area (Å²) in [5, 5.41) is 10.0. The predicted molar refractivity (Wildman–Crippen MR) is 135 cm³/mol. The van der Waals surface area contributed by atoms with Crippen LogP contribution in [0.2, 0.25) is 0 Å². The van der Waals surface area contributed by atoms with Gasteiger partial charge in [0.25, 0.3) is 0 Å². The molecule has 2 saturated heterocycles. The summed E-state index contributed by atoms with van der Waals surface area (Å²) < 4.78 is 0. The monoisotopic (exact) mass is 466 g/mol. The van der Waals surface area contributed by atoms with Gasteiger partial charge in [0.05, 0.1) is 16.8 Å². The fourth-order valence-corrected chi connectivity index (χ4v) is 5.65. The van der Waals surface area contributed by atoms with Crippen LogP contribution in [0.3, 0.4) is 0 Å². The van der Waals surface area contributed by atoms with Crippen LogP contribution in [0.4, 0.5) is 5.69 Å². The van der Waals surface area contributed by atoms with Gasteiger partial charge in [-0.3, -0.25) is 9.78 Å². The van der Waals surface area contributed by atoms with Crippen molar-refractivity contribution < 1.29 is 4.79 Å². The quantitative estimate of drug-likeness (QED) is 0.496. The highest BCUT2D eigenvalue weighted by Gasteiger charge is 2.34. The summed E-state index contributed by atoms with van der Waals surface area (Å²) in [6.45, 7) is 5.63. The molecular formula is C28H30N6O. The zero-order valence-corrected chi connectivity index (χ0v) is 20.0. The topological polar surface area (TPSA) is 86.0 Å². The van der Waals surface area contributed by atoms with Crippen molar-refractivity contribution in [2.45, 2.75) is 38.5 Å². The molecule has 3 aromatic rings. The lowest BCUT2D eigenvalue weighted by molar-refractivity contribution is 0.0968. The lowest BCUT2D eigenvalue weighted by Gasteiger charge is -2.36. The van der Waals surface area contributed by atoms with Gasteiger partial charge in [-0.15, -0.1) is 0 Å². The highest BCUT2D eigenvalue weighted by atomic mass is 16.1. The number of piperidine rings is 1. The van der Waals surface area contributed by atoms with E-state index in [4.69, 9.17) is 5.26 Å². The summed E-state index contributed by atoms with van der Waals surface area (Å²) in [4.78, 5) is 31.3. The van der Waals surface area contributed by atoms with Crippen LogP contribution in [0, 0.1) is 23.2 Å². The van der Waals surface area contributed by atoms with E-state index < -0.39 is 0 Å². The van der Waals surface area contributed by atoms with Crippen molar-refractivity contribution in [3.8, 4) is 17.2 Å². The molecular weight excluding hydrogens is 436 g/mol. The molecule has 2 aromatic heterocycles. The van der Waals surface area contributed by atoms with Crippen LogP contribution in [0.15, 0.2) is 36.8 Å². The Kier molecular flexibility index (Phi) is 5.91. The molecule has 3 aliphatic rings. The third-order valence-corrected chi connectivity index (χ3v) is 7.78. The Balaban J connectivity index is 1.35. The molecule has 4 heterocycles. The lowest BCUT2D eigenvalue weighted by atomic mass is 9.93. The number of benzene rings is 1. The Bertz CT molecular complexity index is 1280. The van der Waals surface area contributed by atoms with Gasteiger partial charge in [-0.25, -0.2) is 9.97 Å². The molecule has 0 radical (unpaired) electrons. The molecule has 0 bridgehead atoms. The summed E-state index contributed by atoms with van der Waals surface area (Å²) in [7, 11) is 0. The Labute approximate surface area is 205 Å². The zero-order valence-electron chi connectivity index (χ0n) is 20.0. The van der Waals surface area contributed by atoms with E-state index in [1.165, 1.54) is 32.5 Å². The second-order valence-corrected chi connectivity index (χ2v) is 10.2. The van der Waals surface area contributed by atoms with E-state index in [1.807, 2.05) is 18.2 Å². The minimum Gasteiger partial charge on any atom is -0.370 e. The first-order chi connectivity index (χ1) is 17.2. The number of aromatic nitrogens is 3. The fourth-order valence-electron chi connectivity index (χ4n) is 5.65. The van der Waals surface area contributed by atoms with Gasteiger partial charge < -0.3 is 9.80 Å². The number of Topliss-reactive ketones (excluding diaryl/α,β-unsaturated/α-hetero) is 1. The van der Waals surface area contributed by atoms with Crippen LogP contribution in [0.1, 0.15) is 54.7 Å². The van der Waals surface area contributed by atoms with Crippen LogP contribution in [-0.4, -0.2) is 58.4 Å². The summed E-state index contributed by atoms with van der Waals surface area (Å²) >= 11 is 0. The first kappa shape index (κ1) is 22.1. The lowest BCUT2D eigenvalue weighted by Crippen LogP contribution is -2.39. The van der Waals surface area contributed by atoms with Crippen molar-refractivity contribution >= 4 is 22.4 Å². The molecule has 0 N–H and O–H groups in total. The normalized spacial score (nSPS) is 19.2. The van der Waals surface area contributed by atoms with Crippen molar-refractivity contribution in [3.63, 3.8) is 0 Å². The van der Waals surface area contributed by atoms with E-state index in [0.717, 1.165) is 78.0 Å². The number of pyridine rings is 1. The number of anilines is 1. The highest BCUT2D eigenvalue weighted by molar-refractivity contribution is 6.10. The van der Waals surface area contributed by atoms with Crippen LogP contribution in [0.25, 0.3) is 22.0 Å². The van der Waals surface area contributed by atoms with E-state index in [9.17, 15) is 4.79 Å². The standard InChI is InChI=1S/C28H30N6O/c29-14-26-31-15-22(16-32-26)21-5-6-25-23(13-21)27(24(17-30-25)28(35)20-3-4-20)34-11-7-19(8-12-34)18-33-9-1-2-10-33/h5-6,13,15-17,19-20H,1-4,7-12,18H2. The number of carbonyl (C=O) groups excluding carboxylic acids is 1. The molecule has 0 unspecified atom stereocenters. The summed E-state index contributed by atoms with van der Waals surface area (Å²) in [5.74, 6) is 1.27. The van der Waals surface area contributed by atoms with Gasteiger partial charge in [0.1, 0.15) is 6.07 Å². The average Bonchev–Trinajstić information content (AvgIpc) is 3.64. The Morgan fingerprint density at radius 1 is 0.943 bits per heavy atom. The summed E-state index contributed by atoms with van der Waals surface area (Å²) in [6.07, 6.45) is 12.1. The first-order valence-electron chi connectivity index (χ1n) is 12.9. The van der Waals surface area contributed by atoms with Gasteiger partial charge in [-0.2, -0.15) is 5.26 Å². The maximum absolute atomic E-state index is 13.3. The maximum Gasteiger partial charge on any atom is 0.232 e. The molecule has 2 aliphatic heterocycles. The molecule has 7 nitrogen and oxygen atoms in total. The van der Waals surface area contributed by atoms with Gasteiger partial charge in [0.15, 0.2) is 5.78 Å². The molecule has 1 saturated carbocycles. The van der Waals surface area contributed by atoms with E-state index in [2.05, 4.69) is 30.8 Å². The number of nitrogens with zero attached hydrogens (tertiary/aromatic N) is 6. The fraction of sp³-hybridized carbons (Fsp3) is 0.464. The van der Waals surface area contributed by atoms with Crippen molar-refractivity contribution in [3.05, 3.63) is 48.2 Å². The molecule has 3 fully saturated rings. The molecule has 6 rings (SSSR count). The number of fused-ring (bicyclic) bond motifs is 1. The average molecular weight is 467 g/mol. The Morgan fingerprint density at radius 2 is 1.69 bits per heavy atom. The van der Waals surface area contributed by atoms with Crippen molar-refractivity contribution in [1.82, 2.24) is 19.9 Å². The molecule has 178 valence electrons. The SMILES string of the molecule is N#Cc1ncc(-c2ccc3ncc(C(=O)C4CC4)c(N4CCC(CN5CCCC5)CC4)c3c2)cn1. The van der Waals surface area contributed by atoms with Crippen LogP contribution < -0.4 is 4.90 Å². The molecule has 7 heteroatoms. The number of carbonyl (C=O) groups is 1. The molecule has 0 spiro atoms. The first-order valence-corrected chi connectivity index (χ1v) is 12.9. The zero-order chi connectivity index (χ0) is 23.8. The smallest absolute Gasteiger partial charge is 0.232 e. The van der Waals surface area contributed by atoms with Crippen LogP contribution in [-0.2, 0) is 0 Å². The highest BCUT2D eigenvalue weighted by Crippen LogP contribution is 2.40. The third kappa shape index (κ3) is 4.51. The van der Waals surface area contributed by atoms with E-state index >= 15 is 0 Å². The van der Waals surface area contributed by atoms with Crippen LogP contribution in [0.5, 0.6) is 0 Å². The van der Waals surface area contributed by atoms with E-state index in [-0.39, 0.29) is 17.5 Å². The van der Waals surface area contributed by atoms with Gasteiger partial charge in [0.2, 0.25) is 5.82 Å². The van der Waals surface area contributed by atoms with E-state index in [1.54, 1.807) is 18.6 Å². The number of hydrogen-bond donors (Lipinski definition) is 0. The number of ketones is 1. The second kappa shape index (κ2) is 9.35. The van der Waals surface area contributed by atoms with Gasteiger partial charge in [-0.05, 0) is 75.2 Å². The van der Waals surface area contributed by atoms with Gasteiger partial charge >= 0.3 is 0 Å². The van der Waals surface area contributed by atoms with Gasteiger partial charge in [0, 0.05) is 55.1 Å². The Morgan fingerprint density at radius 3 is 2.37 bits per heavy atom. The predicted octanol–water partition coefficient (Wildman–Crippen LogP) is 4.47. The molecule has 0 atom stereocenters. The largest absolute Gasteiger partial charge is 0.370 e. The number of nitriles is 1. The molecule has 0 amide bonds. The molecule has 1 aliphatic carbocycles. The summed E-state index contributed by atoms with van der Waals surface area (Å²) in [5.41, 5.74) is 4.52. The Hall–Kier alpha value is -3.37. The van der Waals surface area contributed by atoms with Crippen molar-refractivity contribution in [2.75, 3.05) is 37.6 Å². The van der Waals surface area contributed by atoms with Crippen molar-refractivity contribution in [1.29, 1.82) is 5.26 Å². The van der Waals surface area contributed by atoms with Gasteiger partial charge in [-0.1, -0.05) is 6.07 Å². The molecule has 1 aromatic carbocycles. The molecule has 35 heavy (non-hydrogen) atoms. The second-order valence-electron chi connectivity index (χ2n) is 10.2.